The van der Waals surface area contributed by atoms with E-state index in [9.17, 15) is 4.79 Å². The standard InChI is InChI=1S/C16H21NO2/c1-12(2)8-13(3)9-16(18)19-11-15-6-4-14(10-17)5-7-15/h4-7,12-13H,8-9,11H2,1-3H3. The quantitative estimate of drug-likeness (QED) is 0.732. The van der Waals surface area contributed by atoms with Gasteiger partial charge in [-0.15, -0.1) is 0 Å². The van der Waals surface area contributed by atoms with Crippen LogP contribution < -0.4 is 0 Å². The first kappa shape index (κ1) is 15.2. The van der Waals surface area contributed by atoms with E-state index in [0.29, 0.717) is 23.8 Å². The summed E-state index contributed by atoms with van der Waals surface area (Å²) in [5.41, 5.74) is 1.52. The molecule has 0 aliphatic carbocycles. The molecule has 1 rings (SSSR count). The average molecular weight is 259 g/mol. The smallest absolute Gasteiger partial charge is 0.306 e. The highest BCUT2D eigenvalue weighted by Crippen LogP contribution is 2.15. The van der Waals surface area contributed by atoms with Crippen molar-refractivity contribution in [3.63, 3.8) is 0 Å². The SMILES string of the molecule is CC(C)CC(C)CC(=O)OCc1ccc(C#N)cc1. The highest BCUT2D eigenvalue weighted by atomic mass is 16.5. The Morgan fingerprint density at radius 3 is 2.42 bits per heavy atom. The predicted molar refractivity (Wildman–Crippen MR) is 74.2 cm³/mol. The van der Waals surface area contributed by atoms with E-state index in [-0.39, 0.29) is 12.6 Å². The lowest BCUT2D eigenvalue weighted by molar-refractivity contribution is -0.146. The molecule has 0 aromatic heterocycles. The first-order chi connectivity index (χ1) is 9.01. The third kappa shape index (κ3) is 6.05. The summed E-state index contributed by atoms with van der Waals surface area (Å²) in [6.07, 6.45) is 1.50. The number of esters is 1. The van der Waals surface area contributed by atoms with Gasteiger partial charge in [-0.05, 0) is 36.0 Å². The molecular formula is C16H21NO2. The van der Waals surface area contributed by atoms with Gasteiger partial charge in [0.1, 0.15) is 6.61 Å². The Morgan fingerprint density at radius 2 is 1.89 bits per heavy atom. The minimum atomic E-state index is -0.155. The molecule has 0 aliphatic rings. The summed E-state index contributed by atoms with van der Waals surface area (Å²) in [5, 5.41) is 8.68. The Kier molecular flexibility index (Phi) is 6.08. The van der Waals surface area contributed by atoms with Crippen molar-refractivity contribution in [2.75, 3.05) is 0 Å². The molecule has 0 saturated carbocycles. The number of carbonyl (C=O) groups is 1. The first-order valence-corrected chi connectivity index (χ1v) is 6.66. The van der Waals surface area contributed by atoms with Gasteiger partial charge in [-0.2, -0.15) is 5.26 Å². The van der Waals surface area contributed by atoms with Crippen LogP contribution in [0.15, 0.2) is 24.3 Å². The summed E-state index contributed by atoms with van der Waals surface area (Å²) >= 11 is 0. The van der Waals surface area contributed by atoms with Gasteiger partial charge in [0.05, 0.1) is 11.6 Å². The number of nitrogens with zero attached hydrogens (tertiary/aromatic N) is 1. The van der Waals surface area contributed by atoms with Gasteiger partial charge in [0.25, 0.3) is 0 Å². The van der Waals surface area contributed by atoms with Gasteiger partial charge in [-0.3, -0.25) is 4.79 Å². The number of hydrogen-bond donors (Lipinski definition) is 0. The van der Waals surface area contributed by atoms with Gasteiger partial charge in [0, 0.05) is 6.42 Å². The molecule has 102 valence electrons. The third-order valence-corrected chi connectivity index (χ3v) is 2.87. The molecule has 0 spiro atoms. The van der Waals surface area contributed by atoms with Crippen LogP contribution in [-0.2, 0) is 16.1 Å². The molecule has 0 saturated heterocycles. The number of nitriles is 1. The minimum Gasteiger partial charge on any atom is -0.461 e. The average Bonchev–Trinajstić information content (AvgIpc) is 2.36. The van der Waals surface area contributed by atoms with Crippen molar-refractivity contribution in [1.82, 2.24) is 0 Å². The van der Waals surface area contributed by atoms with Gasteiger partial charge < -0.3 is 4.74 Å². The fourth-order valence-corrected chi connectivity index (χ4v) is 2.07. The lowest BCUT2D eigenvalue weighted by Crippen LogP contribution is -2.11. The van der Waals surface area contributed by atoms with E-state index >= 15 is 0 Å². The number of ether oxygens (including phenoxy) is 1. The van der Waals surface area contributed by atoms with Crippen molar-refractivity contribution < 1.29 is 9.53 Å². The van der Waals surface area contributed by atoms with Gasteiger partial charge in [0.2, 0.25) is 0 Å². The summed E-state index contributed by atoms with van der Waals surface area (Å²) < 4.78 is 5.23. The third-order valence-electron chi connectivity index (χ3n) is 2.87. The van der Waals surface area contributed by atoms with Crippen LogP contribution >= 0.6 is 0 Å². The van der Waals surface area contributed by atoms with Gasteiger partial charge in [0.15, 0.2) is 0 Å². The molecule has 0 amide bonds. The van der Waals surface area contributed by atoms with Crippen LogP contribution in [0.2, 0.25) is 0 Å². The van der Waals surface area contributed by atoms with Crippen molar-refractivity contribution in [3.05, 3.63) is 35.4 Å². The molecule has 0 radical (unpaired) electrons. The summed E-state index contributed by atoms with van der Waals surface area (Å²) in [6, 6.07) is 9.13. The molecule has 0 aliphatic heterocycles. The van der Waals surface area contributed by atoms with E-state index in [4.69, 9.17) is 10.00 Å². The maximum Gasteiger partial charge on any atom is 0.306 e. The van der Waals surface area contributed by atoms with Crippen molar-refractivity contribution in [1.29, 1.82) is 5.26 Å². The van der Waals surface area contributed by atoms with Gasteiger partial charge in [-0.25, -0.2) is 0 Å². The van der Waals surface area contributed by atoms with Crippen molar-refractivity contribution in [3.8, 4) is 6.07 Å². The Labute approximate surface area is 115 Å². The topological polar surface area (TPSA) is 50.1 Å². The number of carbonyl (C=O) groups excluding carboxylic acids is 1. The van der Waals surface area contributed by atoms with E-state index in [1.165, 1.54) is 0 Å². The summed E-state index contributed by atoms with van der Waals surface area (Å²) in [4.78, 5) is 11.7. The zero-order valence-corrected chi connectivity index (χ0v) is 11.8. The van der Waals surface area contributed by atoms with Crippen LogP contribution in [0.25, 0.3) is 0 Å². The monoisotopic (exact) mass is 259 g/mol. The second-order valence-corrected chi connectivity index (χ2v) is 5.41. The number of benzene rings is 1. The highest BCUT2D eigenvalue weighted by molar-refractivity contribution is 5.69. The molecule has 0 heterocycles. The zero-order chi connectivity index (χ0) is 14.3. The zero-order valence-electron chi connectivity index (χ0n) is 11.8. The molecule has 0 N–H and O–H groups in total. The molecular weight excluding hydrogens is 238 g/mol. The summed E-state index contributed by atoms with van der Waals surface area (Å²) in [5.74, 6) is 0.798. The van der Waals surface area contributed by atoms with Crippen LogP contribution in [0.5, 0.6) is 0 Å². The molecule has 3 nitrogen and oxygen atoms in total. The molecule has 0 fully saturated rings. The summed E-state index contributed by atoms with van der Waals surface area (Å²) in [7, 11) is 0. The van der Waals surface area contributed by atoms with Crippen molar-refractivity contribution in [2.24, 2.45) is 11.8 Å². The second-order valence-electron chi connectivity index (χ2n) is 5.41. The predicted octanol–water partition coefficient (Wildman–Crippen LogP) is 3.67. The van der Waals surface area contributed by atoms with Gasteiger partial charge >= 0.3 is 5.97 Å². The Morgan fingerprint density at radius 1 is 1.26 bits per heavy atom. The normalized spacial score (nSPS) is 11.9. The maximum absolute atomic E-state index is 11.7. The lowest BCUT2D eigenvalue weighted by atomic mass is 9.96. The fourth-order valence-electron chi connectivity index (χ4n) is 2.07. The Bertz CT molecular complexity index is 443. The van der Waals surface area contributed by atoms with Crippen LogP contribution in [0, 0.1) is 23.2 Å². The molecule has 1 atom stereocenters. The largest absolute Gasteiger partial charge is 0.461 e. The molecule has 0 bridgehead atoms. The summed E-state index contributed by atoms with van der Waals surface area (Å²) in [6.45, 7) is 6.65. The van der Waals surface area contributed by atoms with E-state index in [0.717, 1.165) is 12.0 Å². The van der Waals surface area contributed by atoms with E-state index in [1.54, 1.807) is 12.1 Å². The van der Waals surface area contributed by atoms with Crippen molar-refractivity contribution in [2.45, 2.75) is 40.2 Å². The first-order valence-electron chi connectivity index (χ1n) is 6.66. The fraction of sp³-hybridized carbons (Fsp3) is 0.500. The van der Waals surface area contributed by atoms with Crippen LogP contribution in [-0.4, -0.2) is 5.97 Å². The Balaban J connectivity index is 2.35. The molecule has 19 heavy (non-hydrogen) atoms. The van der Waals surface area contributed by atoms with E-state index in [2.05, 4.69) is 26.8 Å². The molecule has 3 heteroatoms. The van der Waals surface area contributed by atoms with Crippen LogP contribution in [0.3, 0.4) is 0 Å². The minimum absolute atomic E-state index is 0.155. The Hall–Kier alpha value is -1.82. The molecule has 1 aromatic rings. The number of rotatable bonds is 6. The highest BCUT2D eigenvalue weighted by Gasteiger charge is 2.11. The molecule has 1 unspecified atom stereocenters. The van der Waals surface area contributed by atoms with Crippen LogP contribution in [0.1, 0.15) is 44.7 Å². The van der Waals surface area contributed by atoms with Crippen molar-refractivity contribution >= 4 is 5.97 Å². The molecule has 1 aromatic carbocycles. The van der Waals surface area contributed by atoms with Gasteiger partial charge in [-0.1, -0.05) is 32.9 Å². The second kappa shape index (κ2) is 7.58. The number of hydrogen-bond acceptors (Lipinski definition) is 3. The van der Waals surface area contributed by atoms with E-state index in [1.807, 2.05) is 12.1 Å². The van der Waals surface area contributed by atoms with Crippen LogP contribution in [0.4, 0.5) is 0 Å². The van der Waals surface area contributed by atoms with E-state index < -0.39 is 0 Å². The maximum atomic E-state index is 11.7. The lowest BCUT2D eigenvalue weighted by Gasteiger charge is -2.13.